The molecule has 0 aliphatic carbocycles. The van der Waals surface area contributed by atoms with Gasteiger partial charge in [0.15, 0.2) is 0 Å². The highest BCUT2D eigenvalue weighted by Gasteiger charge is 2.34. The number of carbonyl (C=O) groups is 1. The number of amides is 1. The first-order valence-corrected chi connectivity index (χ1v) is 13.9. The zero-order valence-electron chi connectivity index (χ0n) is 20.4. The highest BCUT2D eigenvalue weighted by atomic mass is 32.2. The molecular weight excluding hydrogens is 527 g/mol. The largest absolute Gasteiger partial charge is 0.376 e. The maximum atomic E-state index is 13.1. The topological polar surface area (TPSA) is 77.6 Å². The van der Waals surface area contributed by atoms with E-state index in [0.717, 1.165) is 51.9 Å². The molecule has 1 amide bonds. The second-order valence-corrected chi connectivity index (χ2v) is 11.8. The number of carbonyl (C=O) groups excluding carboxylic acids is 1. The molecule has 7 nitrogen and oxygen atoms in total. The lowest BCUT2D eigenvalue weighted by atomic mass is 10.2. The van der Waals surface area contributed by atoms with Gasteiger partial charge in [0.2, 0.25) is 0 Å². The van der Waals surface area contributed by atoms with Gasteiger partial charge >= 0.3 is 0 Å². The number of non-ortho nitro benzene ring substituents is 1. The van der Waals surface area contributed by atoms with Crippen LogP contribution in [0.2, 0.25) is 0 Å². The number of nitro groups is 1. The summed E-state index contributed by atoms with van der Waals surface area (Å²) in [6.07, 6.45) is 3.99. The number of hydrogen-bond acceptors (Lipinski definition) is 7. The summed E-state index contributed by atoms with van der Waals surface area (Å²) in [4.78, 5) is 27.8. The molecule has 37 heavy (non-hydrogen) atoms. The number of aromatic nitrogens is 1. The third-order valence-electron chi connectivity index (χ3n) is 6.42. The molecule has 2 saturated heterocycles. The molecule has 0 spiro atoms. The summed E-state index contributed by atoms with van der Waals surface area (Å²) >= 11 is 8.40. The van der Waals surface area contributed by atoms with Crippen LogP contribution in [0.3, 0.4) is 0 Å². The minimum absolute atomic E-state index is 0.0528. The molecule has 3 heterocycles. The molecule has 1 aromatic heterocycles. The SMILES string of the molecule is Cc1cc(/C=C2\SC(=S)N(C[C@@H]3CCCO3)C2=O)c(C)n1-c1ccc(Sc2ccc([N+](=O)[O-])cc2)cc1. The van der Waals surface area contributed by atoms with Crippen molar-refractivity contribution in [2.24, 2.45) is 0 Å². The van der Waals surface area contributed by atoms with Crippen LogP contribution < -0.4 is 0 Å². The van der Waals surface area contributed by atoms with Gasteiger partial charge < -0.3 is 9.30 Å². The van der Waals surface area contributed by atoms with Gasteiger partial charge in [-0.05, 0) is 80.8 Å². The van der Waals surface area contributed by atoms with Crippen molar-refractivity contribution in [1.82, 2.24) is 9.47 Å². The number of thioether (sulfide) groups is 1. The monoisotopic (exact) mass is 551 g/mol. The number of hydrogen-bond donors (Lipinski definition) is 0. The maximum Gasteiger partial charge on any atom is 0.269 e. The Bertz CT molecular complexity index is 1390. The number of nitro benzene ring substituents is 1. The molecule has 3 aromatic rings. The van der Waals surface area contributed by atoms with Crippen LogP contribution in [0, 0.1) is 24.0 Å². The van der Waals surface area contributed by atoms with Gasteiger partial charge in [-0.15, -0.1) is 0 Å². The van der Waals surface area contributed by atoms with Crippen molar-refractivity contribution in [3.8, 4) is 5.69 Å². The summed E-state index contributed by atoms with van der Waals surface area (Å²) in [6.45, 7) is 5.36. The van der Waals surface area contributed by atoms with Crippen LogP contribution in [0.15, 0.2) is 69.3 Å². The van der Waals surface area contributed by atoms with Gasteiger partial charge in [0.1, 0.15) is 4.32 Å². The first-order valence-electron chi connectivity index (χ1n) is 11.9. The summed E-state index contributed by atoms with van der Waals surface area (Å²) in [5, 5.41) is 10.9. The molecule has 2 aliphatic heterocycles. The van der Waals surface area contributed by atoms with Crippen molar-refractivity contribution >= 4 is 57.7 Å². The fourth-order valence-electron chi connectivity index (χ4n) is 4.56. The maximum absolute atomic E-state index is 13.1. The summed E-state index contributed by atoms with van der Waals surface area (Å²) < 4.78 is 8.45. The van der Waals surface area contributed by atoms with Gasteiger partial charge in [-0.1, -0.05) is 35.7 Å². The van der Waals surface area contributed by atoms with Gasteiger partial charge in [-0.25, -0.2) is 0 Å². The average molecular weight is 552 g/mol. The van der Waals surface area contributed by atoms with Crippen LogP contribution in [0.5, 0.6) is 0 Å². The molecule has 190 valence electrons. The van der Waals surface area contributed by atoms with Crippen LogP contribution in [-0.2, 0) is 9.53 Å². The van der Waals surface area contributed by atoms with E-state index in [1.807, 2.05) is 32.1 Å². The number of nitrogens with zero attached hydrogens (tertiary/aromatic N) is 3. The summed E-state index contributed by atoms with van der Waals surface area (Å²) in [5.41, 5.74) is 4.19. The molecule has 10 heteroatoms. The number of aryl methyl sites for hydroxylation is 1. The van der Waals surface area contributed by atoms with Gasteiger partial charge in [-0.3, -0.25) is 19.8 Å². The minimum Gasteiger partial charge on any atom is -0.376 e. The summed E-state index contributed by atoms with van der Waals surface area (Å²) in [7, 11) is 0. The third kappa shape index (κ3) is 5.52. The van der Waals surface area contributed by atoms with E-state index in [-0.39, 0.29) is 17.7 Å². The van der Waals surface area contributed by atoms with Crippen molar-refractivity contribution in [3.05, 3.63) is 86.6 Å². The Labute approximate surface area is 229 Å². The Morgan fingerprint density at radius 3 is 2.46 bits per heavy atom. The molecule has 0 saturated carbocycles. The van der Waals surface area contributed by atoms with E-state index in [4.69, 9.17) is 17.0 Å². The van der Waals surface area contributed by atoms with E-state index in [1.54, 1.807) is 28.8 Å². The Balaban J connectivity index is 1.32. The second kappa shape index (κ2) is 10.8. The molecule has 2 fully saturated rings. The predicted molar refractivity (Wildman–Crippen MR) is 151 cm³/mol. The molecule has 0 radical (unpaired) electrons. The lowest BCUT2D eigenvalue weighted by Crippen LogP contribution is -2.35. The zero-order chi connectivity index (χ0) is 26.1. The Morgan fingerprint density at radius 1 is 1.16 bits per heavy atom. The van der Waals surface area contributed by atoms with Crippen LogP contribution in [0.4, 0.5) is 5.69 Å². The molecular formula is C27H25N3O4S3. The van der Waals surface area contributed by atoms with E-state index in [1.165, 1.54) is 23.9 Å². The van der Waals surface area contributed by atoms with Crippen LogP contribution in [-0.4, -0.2) is 43.9 Å². The van der Waals surface area contributed by atoms with Gasteiger partial charge in [0.05, 0.1) is 22.5 Å². The zero-order valence-corrected chi connectivity index (χ0v) is 22.8. The van der Waals surface area contributed by atoms with Crippen molar-refractivity contribution in [2.45, 2.75) is 42.6 Å². The normalized spacial score (nSPS) is 18.8. The number of thiocarbonyl (C=S) groups is 1. The van der Waals surface area contributed by atoms with Gasteiger partial charge in [0.25, 0.3) is 11.6 Å². The molecule has 1 atom stereocenters. The molecule has 0 bridgehead atoms. The molecule has 2 aromatic carbocycles. The predicted octanol–water partition coefficient (Wildman–Crippen LogP) is 6.53. The summed E-state index contributed by atoms with van der Waals surface area (Å²) in [6, 6.07) is 16.8. The smallest absolute Gasteiger partial charge is 0.269 e. The fraction of sp³-hybridized carbons (Fsp3) is 0.259. The van der Waals surface area contributed by atoms with Crippen LogP contribution in [0.1, 0.15) is 29.8 Å². The number of rotatable bonds is 7. The van der Waals surface area contributed by atoms with Crippen molar-refractivity contribution < 1.29 is 14.5 Å². The van der Waals surface area contributed by atoms with Crippen LogP contribution in [0.25, 0.3) is 11.8 Å². The molecule has 5 rings (SSSR count). The van der Waals surface area contributed by atoms with E-state index in [2.05, 4.69) is 22.8 Å². The third-order valence-corrected chi connectivity index (χ3v) is 8.81. The lowest BCUT2D eigenvalue weighted by Gasteiger charge is -2.18. The molecule has 0 unspecified atom stereocenters. The van der Waals surface area contributed by atoms with Gasteiger partial charge in [0, 0.05) is 45.6 Å². The highest BCUT2D eigenvalue weighted by Crippen LogP contribution is 2.35. The Hall–Kier alpha value is -2.92. The fourth-order valence-corrected chi connectivity index (χ4v) is 6.64. The first kappa shape index (κ1) is 25.7. The lowest BCUT2D eigenvalue weighted by molar-refractivity contribution is -0.384. The number of ether oxygens (including phenoxy) is 1. The summed E-state index contributed by atoms with van der Waals surface area (Å²) in [5.74, 6) is -0.0528. The van der Waals surface area contributed by atoms with Crippen molar-refractivity contribution in [3.63, 3.8) is 0 Å². The standard InChI is InChI=1S/C27H25N3O4S3/c1-17-14-19(15-25-26(31)28(27(35)37-25)16-22-4-3-13-34-22)18(2)29(17)20-5-9-23(10-6-20)36-24-11-7-21(8-12-24)30(32)33/h5-12,14-15,22H,3-4,13,16H2,1-2H3/b25-15-/t22-/m0/s1. The van der Waals surface area contributed by atoms with E-state index in [9.17, 15) is 14.9 Å². The first-order chi connectivity index (χ1) is 17.8. The average Bonchev–Trinajstić information content (AvgIpc) is 3.56. The van der Waals surface area contributed by atoms with E-state index < -0.39 is 4.92 Å². The highest BCUT2D eigenvalue weighted by molar-refractivity contribution is 8.26. The van der Waals surface area contributed by atoms with E-state index in [0.29, 0.717) is 15.8 Å². The molecule has 0 N–H and O–H groups in total. The Kier molecular flexibility index (Phi) is 7.52. The quantitative estimate of drug-likeness (QED) is 0.143. The number of benzene rings is 2. The Morgan fingerprint density at radius 2 is 1.84 bits per heavy atom. The van der Waals surface area contributed by atoms with Crippen LogP contribution >= 0.6 is 35.7 Å². The molecule has 2 aliphatic rings. The van der Waals surface area contributed by atoms with Gasteiger partial charge in [-0.2, -0.15) is 0 Å². The minimum atomic E-state index is -0.397. The second-order valence-electron chi connectivity index (χ2n) is 8.94. The van der Waals surface area contributed by atoms with Crippen molar-refractivity contribution in [2.75, 3.05) is 13.2 Å². The van der Waals surface area contributed by atoms with Crippen molar-refractivity contribution in [1.29, 1.82) is 0 Å². The van der Waals surface area contributed by atoms with E-state index >= 15 is 0 Å².